The molecule has 0 saturated carbocycles. The molecule has 0 amide bonds. The summed E-state index contributed by atoms with van der Waals surface area (Å²) in [6.07, 6.45) is 1.14. The van der Waals surface area contributed by atoms with E-state index in [4.69, 9.17) is 9.47 Å². The van der Waals surface area contributed by atoms with Gasteiger partial charge in [0.25, 0.3) is 0 Å². The first-order valence-corrected chi connectivity index (χ1v) is 10.9. The maximum absolute atomic E-state index is 13.3. The number of aryl methyl sites for hydroxylation is 2. The predicted molar refractivity (Wildman–Crippen MR) is 128 cm³/mol. The maximum atomic E-state index is 13.3. The molecule has 6 nitrogen and oxygen atoms in total. The van der Waals surface area contributed by atoms with Gasteiger partial charge in [-0.25, -0.2) is 0 Å². The third-order valence-electron chi connectivity index (χ3n) is 6.30. The first-order valence-electron chi connectivity index (χ1n) is 10.9. The summed E-state index contributed by atoms with van der Waals surface area (Å²) in [6, 6.07) is 19.9. The zero-order valence-corrected chi connectivity index (χ0v) is 18.4. The summed E-state index contributed by atoms with van der Waals surface area (Å²) in [5.41, 5.74) is 7.37. The fraction of sp³-hybridized carbons (Fsp3) is 0.148. The number of anilines is 2. The van der Waals surface area contributed by atoms with Crippen molar-refractivity contribution in [3.05, 3.63) is 101 Å². The first kappa shape index (κ1) is 19.5. The zero-order valence-electron chi connectivity index (χ0n) is 18.4. The lowest BCUT2D eigenvalue weighted by Gasteiger charge is -2.21. The van der Waals surface area contributed by atoms with Crippen LogP contribution in [0, 0.1) is 13.8 Å². The molecule has 0 spiro atoms. The maximum Gasteiger partial charge on any atom is 0.229 e. The number of ether oxygens (including phenoxy) is 2. The van der Waals surface area contributed by atoms with E-state index in [9.17, 15) is 4.79 Å². The highest BCUT2D eigenvalue weighted by Gasteiger charge is 2.40. The fourth-order valence-electron chi connectivity index (χ4n) is 4.35. The largest absolute Gasteiger partial charge is 0.489 e. The molecule has 2 aliphatic rings. The van der Waals surface area contributed by atoms with Gasteiger partial charge in [-0.05, 0) is 66.9 Å². The van der Waals surface area contributed by atoms with E-state index in [1.807, 2.05) is 54.7 Å². The molecular formula is C27H23N3O3. The Hall–Kier alpha value is -4.19. The lowest BCUT2D eigenvalue weighted by atomic mass is 10.0. The standard InChI is InChI=1S/C27H23N3O3/c1-15-10-22-23(11-16(15)2)30-27-24(29-22)25(31)26(33-27)20-13-28-21-9-8-17(12-19(20)21)14-32-18-6-4-3-5-7-18/h3-13,26,28-30H,14H2,1-2H3. The number of aromatic amines is 1. The van der Waals surface area contributed by atoms with Crippen molar-refractivity contribution in [2.45, 2.75) is 26.6 Å². The lowest BCUT2D eigenvalue weighted by Crippen LogP contribution is -2.18. The number of H-pyrrole nitrogens is 1. The van der Waals surface area contributed by atoms with Gasteiger partial charge >= 0.3 is 0 Å². The molecule has 1 aromatic heterocycles. The molecule has 6 rings (SSSR count). The van der Waals surface area contributed by atoms with E-state index in [0.29, 0.717) is 18.2 Å². The van der Waals surface area contributed by atoms with Gasteiger partial charge in [0.05, 0.1) is 11.4 Å². The van der Waals surface area contributed by atoms with Crippen molar-refractivity contribution in [2.75, 3.05) is 10.6 Å². The van der Waals surface area contributed by atoms with Crippen molar-refractivity contribution >= 4 is 28.1 Å². The number of para-hydroxylation sites is 1. The van der Waals surface area contributed by atoms with Crippen LogP contribution in [0.3, 0.4) is 0 Å². The molecule has 164 valence electrons. The topological polar surface area (TPSA) is 75.4 Å². The Morgan fingerprint density at radius 3 is 2.48 bits per heavy atom. The molecule has 3 heterocycles. The average Bonchev–Trinajstić information content (AvgIpc) is 3.38. The van der Waals surface area contributed by atoms with Crippen LogP contribution < -0.4 is 15.4 Å². The smallest absolute Gasteiger partial charge is 0.229 e. The number of aromatic nitrogens is 1. The van der Waals surface area contributed by atoms with Crippen molar-refractivity contribution in [1.82, 2.24) is 4.98 Å². The van der Waals surface area contributed by atoms with Crippen LogP contribution in [0.5, 0.6) is 5.75 Å². The molecular weight excluding hydrogens is 414 g/mol. The molecule has 3 aromatic carbocycles. The van der Waals surface area contributed by atoms with Gasteiger partial charge in [0.1, 0.15) is 18.1 Å². The number of Topliss-reactive ketones (excluding diaryl/α,β-unsaturated/α-hetero) is 1. The minimum Gasteiger partial charge on any atom is -0.489 e. The van der Waals surface area contributed by atoms with Crippen LogP contribution in [0.4, 0.5) is 11.4 Å². The molecule has 0 bridgehead atoms. The van der Waals surface area contributed by atoms with Crippen molar-refractivity contribution in [3.63, 3.8) is 0 Å². The van der Waals surface area contributed by atoms with E-state index in [2.05, 4.69) is 41.6 Å². The predicted octanol–water partition coefficient (Wildman–Crippen LogP) is 5.71. The van der Waals surface area contributed by atoms with Crippen molar-refractivity contribution in [2.24, 2.45) is 0 Å². The number of fused-ring (bicyclic) bond motifs is 2. The van der Waals surface area contributed by atoms with Crippen LogP contribution in [-0.2, 0) is 16.1 Å². The normalized spacial score (nSPS) is 16.7. The Labute approximate surface area is 191 Å². The highest BCUT2D eigenvalue weighted by atomic mass is 16.5. The number of hydrogen-bond acceptors (Lipinski definition) is 5. The second-order valence-corrected chi connectivity index (χ2v) is 8.52. The number of benzene rings is 3. The number of carbonyl (C=O) groups is 1. The van der Waals surface area contributed by atoms with Crippen molar-refractivity contribution in [3.8, 4) is 5.75 Å². The molecule has 1 atom stereocenters. The molecule has 2 aliphatic heterocycles. The van der Waals surface area contributed by atoms with E-state index >= 15 is 0 Å². The van der Waals surface area contributed by atoms with Gasteiger partial charge in [0, 0.05) is 22.7 Å². The molecule has 1 unspecified atom stereocenters. The minimum absolute atomic E-state index is 0.0896. The number of ketones is 1. The SMILES string of the molecule is Cc1cc2c(cc1C)NC1=C(N2)OC(c2c[nH]c3ccc(COc4ccccc4)cc23)C1=O. The van der Waals surface area contributed by atoms with Gasteiger partial charge < -0.3 is 25.1 Å². The van der Waals surface area contributed by atoms with Gasteiger partial charge in [-0.2, -0.15) is 0 Å². The molecule has 6 heteroatoms. The Morgan fingerprint density at radius 2 is 1.70 bits per heavy atom. The van der Waals surface area contributed by atoms with E-state index in [1.54, 1.807) is 0 Å². The molecule has 0 radical (unpaired) electrons. The van der Waals surface area contributed by atoms with Gasteiger partial charge in [0.15, 0.2) is 6.10 Å². The number of hydrogen-bond donors (Lipinski definition) is 3. The summed E-state index contributed by atoms with van der Waals surface area (Å²) < 4.78 is 12.0. The Bertz CT molecular complexity index is 1440. The van der Waals surface area contributed by atoms with E-state index in [0.717, 1.165) is 44.7 Å². The summed E-state index contributed by atoms with van der Waals surface area (Å²) in [5, 5.41) is 7.52. The Balaban J connectivity index is 1.27. The van der Waals surface area contributed by atoms with Gasteiger partial charge in [0.2, 0.25) is 11.7 Å². The first-order chi connectivity index (χ1) is 16.1. The second kappa shape index (κ2) is 7.45. The highest BCUT2D eigenvalue weighted by Crippen LogP contribution is 2.42. The summed E-state index contributed by atoms with van der Waals surface area (Å²) >= 11 is 0. The van der Waals surface area contributed by atoms with E-state index in [-0.39, 0.29) is 5.78 Å². The number of nitrogens with one attached hydrogen (secondary N) is 3. The van der Waals surface area contributed by atoms with Gasteiger partial charge in [-0.3, -0.25) is 4.79 Å². The Morgan fingerprint density at radius 1 is 0.939 bits per heavy atom. The molecule has 0 fully saturated rings. The van der Waals surface area contributed by atoms with E-state index < -0.39 is 6.10 Å². The van der Waals surface area contributed by atoms with Crippen LogP contribution in [0.15, 0.2) is 78.4 Å². The van der Waals surface area contributed by atoms with Crippen molar-refractivity contribution in [1.29, 1.82) is 0 Å². The van der Waals surface area contributed by atoms with Crippen LogP contribution in [-0.4, -0.2) is 10.8 Å². The van der Waals surface area contributed by atoms with Crippen LogP contribution in [0.25, 0.3) is 10.9 Å². The average molecular weight is 437 g/mol. The zero-order chi connectivity index (χ0) is 22.5. The molecule has 3 N–H and O–H groups in total. The lowest BCUT2D eigenvalue weighted by molar-refractivity contribution is -0.121. The van der Waals surface area contributed by atoms with E-state index in [1.165, 1.54) is 5.56 Å². The second-order valence-electron chi connectivity index (χ2n) is 8.52. The van der Waals surface area contributed by atoms with Crippen LogP contribution in [0.2, 0.25) is 0 Å². The van der Waals surface area contributed by atoms with Crippen LogP contribution >= 0.6 is 0 Å². The molecule has 4 aromatic rings. The summed E-state index contributed by atoms with van der Waals surface area (Å²) in [5.74, 6) is 1.20. The van der Waals surface area contributed by atoms with Gasteiger partial charge in [-0.1, -0.05) is 24.3 Å². The van der Waals surface area contributed by atoms with Crippen LogP contribution in [0.1, 0.15) is 28.4 Å². The van der Waals surface area contributed by atoms with Crippen molar-refractivity contribution < 1.29 is 14.3 Å². The Kier molecular flexibility index (Phi) is 4.40. The molecule has 0 aliphatic carbocycles. The molecule has 33 heavy (non-hydrogen) atoms. The third-order valence-corrected chi connectivity index (χ3v) is 6.30. The fourth-order valence-corrected chi connectivity index (χ4v) is 4.35. The van der Waals surface area contributed by atoms with Gasteiger partial charge in [-0.15, -0.1) is 0 Å². The minimum atomic E-state index is -0.717. The summed E-state index contributed by atoms with van der Waals surface area (Å²) in [6.45, 7) is 4.56. The molecule has 0 saturated heterocycles. The third kappa shape index (κ3) is 3.31. The highest BCUT2D eigenvalue weighted by molar-refractivity contribution is 6.08. The summed E-state index contributed by atoms with van der Waals surface area (Å²) in [7, 11) is 0. The summed E-state index contributed by atoms with van der Waals surface area (Å²) in [4.78, 5) is 16.6. The number of rotatable bonds is 4. The number of carbonyl (C=O) groups excluding carboxylic acids is 1. The quantitative estimate of drug-likeness (QED) is 0.381. The monoisotopic (exact) mass is 437 g/mol.